The number of carbonyl (C=O) groups is 2. The molecule has 0 aromatic rings. The Hall–Kier alpha value is -1.14. The highest BCUT2D eigenvalue weighted by molar-refractivity contribution is 5.74. The minimum atomic E-state index is -1.27. The number of rotatable bonds is 4. The van der Waals surface area contributed by atoms with Gasteiger partial charge >= 0.3 is 11.9 Å². The highest BCUT2D eigenvalue weighted by Gasteiger charge is 2.36. The summed E-state index contributed by atoms with van der Waals surface area (Å²) in [4.78, 5) is 22.7. The zero-order chi connectivity index (χ0) is 15.5. The lowest BCUT2D eigenvalue weighted by molar-refractivity contribution is -0.162. The van der Waals surface area contributed by atoms with Gasteiger partial charge in [-0.3, -0.25) is 9.59 Å². The molecule has 0 radical (unpaired) electrons. The molecule has 0 bridgehead atoms. The topological polar surface area (TPSA) is 110 Å². The molecule has 2 atom stereocenters. The van der Waals surface area contributed by atoms with Gasteiger partial charge in [0, 0.05) is 0 Å². The monoisotopic (exact) mass is 287 g/mol. The number of carbonyl (C=O) groups excluding carboxylic acids is 1. The van der Waals surface area contributed by atoms with E-state index in [-0.39, 0.29) is 17.8 Å². The summed E-state index contributed by atoms with van der Waals surface area (Å²) in [6.45, 7) is 5.48. The number of nitrogens with two attached hydrogens (primary N) is 1. The minimum Gasteiger partial charge on any atom is -0.480 e. The number of ether oxygens (including phenoxy) is 1. The van der Waals surface area contributed by atoms with Crippen LogP contribution in [0.2, 0.25) is 0 Å². The van der Waals surface area contributed by atoms with Gasteiger partial charge in [0.1, 0.15) is 11.6 Å². The van der Waals surface area contributed by atoms with Crippen LogP contribution < -0.4 is 5.73 Å². The molecule has 0 aromatic carbocycles. The predicted octanol–water partition coefficient (Wildman–Crippen LogP) is 0.907. The van der Waals surface area contributed by atoms with Crippen molar-refractivity contribution in [2.24, 2.45) is 17.6 Å². The van der Waals surface area contributed by atoms with Crippen LogP contribution in [0.15, 0.2) is 0 Å². The Bertz CT molecular complexity index is 355. The molecule has 0 amide bonds. The van der Waals surface area contributed by atoms with Crippen LogP contribution in [-0.2, 0) is 14.3 Å². The van der Waals surface area contributed by atoms with Crippen molar-refractivity contribution in [3.63, 3.8) is 0 Å². The van der Waals surface area contributed by atoms with E-state index in [1.54, 1.807) is 0 Å². The first-order chi connectivity index (χ1) is 9.11. The van der Waals surface area contributed by atoms with E-state index in [4.69, 9.17) is 15.6 Å². The Morgan fingerprint density at radius 3 is 2.10 bits per heavy atom. The fourth-order valence-corrected chi connectivity index (χ4v) is 2.52. The Morgan fingerprint density at radius 1 is 1.20 bits per heavy atom. The molecule has 1 saturated carbocycles. The summed E-state index contributed by atoms with van der Waals surface area (Å²) in [6, 6.07) is -1.27. The predicted molar refractivity (Wildman–Crippen MR) is 72.9 cm³/mol. The highest BCUT2D eigenvalue weighted by atomic mass is 16.6. The maximum Gasteiger partial charge on any atom is 0.323 e. The molecule has 1 aliphatic carbocycles. The smallest absolute Gasteiger partial charge is 0.323 e. The second kappa shape index (κ2) is 6.54. The summed E-state index contributed by atoms with van der Waals surface area (Å²) >= 11 is 0. The van der Waals surface area contributed by atoms with Crippen molar-refractivity contribution < 1.29 is 24.5 Å². The number of esters is 1. The number of aliphatic hydroxyl groups excluding tert-OH is 1. The maximum atomic E-state index is 11.9. The van der Waals surface area contributed by atoms with Crippen molar-refractivity contribution in [2.75, 3.05) is 0 Å². The lowest BCUT2D eigenvalue weighted by Gasteiger charge is -2.33. The molecule has 1 aliphatic rings. The number of carboxylic acids is 1. The fraction of sp³-hybridized carbons (Fsp3) is 0.857. The summed E-state index contributed by atoms with van der Waals surface area (Å²) in [5, 5.41) is 18.7. The van der Waals surface area contributed by atoms with Crippen LogP contribution in [0, 0.1) is 11.8 Å². The van der Waals surface area contributed by atoms with E-state index in [1.165, 1.54) is 0 Å². The van der Waals surface area contributed by atoms with Crippen LogP contribution in [0.3, 0.4) is 0 Å². The van der Waals surface area contributed by atoms with Gasteiger partial charge in [0.25, 0.3) is 0 Å². The second-order valence-electron chi connectivity index (χ2n) is 6.50. The van der Waals surface area contributed by atoms with Crippen molar-refractivity contribution in [3.05, 3.63) is 0 Å². The van der Waals surface area contributed by atoms with Crippen molar-refractivity contribution in [1.82, 2.24) is 0 Å². The second-order valence-corrected chi connectivity index (χ2v) is 6.50. The summed E-state index contributed by atoms with van der Waals surface area (Å²) < 4.78 is 5.34. The van der Waals surface area contributed by atoms with Crippen LogP contribution in [0.5, 0.6) is 0 Å². The third-order valence-corrected chi connectivity index (χ3v) is 3.65. The lowest BCUT2D eigenvalue weighted by Crippen LogP contribution is -2.47. The van der Waals surface area contributed by atoms with Crippen LogP contribution in [0.4, 0.5) is 0 Å². The van der Waals surface area contributed by atoms with Crippen molar-refractivity contribution in [1.29, 1.82) is 0 Å². The fourth-order valence-electron chi connectivity index (χ4n) is 2.52. The number of aliphatic hydroxyl groups is 1. The van der Waals surface area contributed by atoms with E-state index in [9.17, 15) is 14.7 Å². The lowest BCUT2D eigenvalue weighted by atomic mass is 9.78. The first kappa shape index (κ1) is 16.9. The average Bonchev–Trinajstić information content (AvgIpc) is 2.35. The van der Waals surface area contributed by atoms with Gasteiger partial charge in [-0.15, -0.1) is 0 Å². The number of aliphatic carboxylic acids is 1. The number of hydrogen-bond donors (Lipinski definition) is 3. The summed E-state index contributed by atoms with van der Waals surface area (Å²) in [5.74, 6) is -1.75. The highest BCUT2D eigenvalue weighted by Crippen LogP contribution is 2.33. The third-order valence-electron chi connectivity index (χ3n) is 3.65. The van der Waals surface area contributed by atoms with E-state index >= 15 is 0 Å². The van der Waals surface area contributed by atoms with E-state index < -0.39 is 23.7 Å². The molecule has 0 aromatic heterocycles. The Balaban J connectivity index is 2.47. The van der Waals surface area contributed by atoms with E-state index in [2.05, 4.69) is 0 Å². The van der Waals surface area contributed by atoms with Crippen LogP contribution >= 0.6 is 0 Å². The summed E-state index contributed by atoms with van der Waals surface area (Å²) in [7, 11) is 0. The van der Waals surface area contributed by atoms with Gasteiger partial charge in [-0.1, -0.05) is 0 Å². The molecule has 20 heavy (non-hydrogen) atoms. The molecule has 116 valence electrons. The molecule has 0 spiro atoms. The first-order valence-electron chi connectivity index (χ1n) is 7.01. The van der Waals surface area contributed by atoms with Gasteiger partial charge < -0.3 is 20.7 Å². The largest absolute Gasteiger partial charge is 0.480 e. The standard InChI is InChI=1S/C14H25NO5/c1-14(2,3)20-13(19)9-6-4-8(5-7-9)11(16)10(15)12(17)18/h8-11,16H,4-7,15H2,1-3H3,(H,17,18)/t8?,9?,10-,11-/m0/s1. The van der Waals surface area contributed by atoms with Crippen molar-refractivity contribution in [3.8, 4) is 0 Å². The van der Waals surface area contributed by atoms with Crippen LogP contribution in [0.25, 0.3) is 0 Å². The Labute approximate surface area is 119 Å². The van der Waals surface area contributed by atoms with Crippen LogP contribution in [-0.4, -0.2) is 39.9 Å². The van der Waals surface area contributed by atoms with Gasteiger partial charge in [0.2, 0.25) is 0 Å². The third kappa shape index (κ3) is 4.76. The molecular weight excluding hydrogens is 262 g/mol. The SMILES string of the molecule is CC(C)(C)OC(=O)C1CCC([C@H](O)[C@H](N)C(=O)O)CC1. The number of hydrogen-bond acceptors (Lipinski definition) is 5. The van der Waals surface area contributed by atoms with Gasteiger partial charge in [-0.2, -0.15) is 0 Å². The maximum absolute atomic E-state index is 11.9. The van der Waals surface area contributed by atoms with Crippen LogP contribution in [0.1, 0.15) is 46.5 Å². The van der Waals surface area contributed by atoms with Gasteiger partial charge in [-0.25, -0.2) is 0 Å². The molecule has 1 fully saturated rings. The molecule has 0 unspecified atom stereocenters. The minimum absolute atomic E-state index is 0.167. The van der Waals surface area contributed by atoms with E-state index in [1.807, 2.05) is 20.8 Å². The summed E-state index contributed by atoms with van der Waals surface area (Å²) in [5.41, 5.74) is 4.93. The molecule has 6 nitrogen and oxygen atoms in total. The van der Waals surface area contributed by atoms with Gasteiger partial charge in [0.15, 0.2) is 0 Å². The average molecular weight is 287 g/mol. The van der Waals surface area contributed by atoms with E-state index in [0.29, 0.717) is 25.7 Å². The molecular formula is C14H25NO5. The normalized spacial score (nSPS) is 26.6. The Morgan fingerprint density at radius 2 is 1.70 bits per heavy atom. The van der Waals surface area contributed by atoms with Gasteiger partial charge in [0.05, 0.1) is 12.0 Å². The number of carboxylic acid groups (broad SMARTS) is 1. The van der Waals surface area contributed by atoms with E-state index in [0.717, 1.165) is 0 Å². The molecule has 1 rings (SSSR count). The Kier molecular flexibility index (Phi) is 5.53. The zero-order valence-corrected chi connectivity index (χ0v) is 12.3. The van der Waals surface area contributed by atoms with Crippen molar-refractivity contribution >= 4 is 11.9 Å². The molecule has 0 saturated heterocycles. The van der Waals surface area contributed by atoms with Gasteiger partial charge in [-0.05, 0) is 52.4 Å². The molecule has 4 N–H and O–H groups in total. The zero-order valence-electron chi connectivity index (χ0n) is 12.3. The molecule has 0 aliphatic heterocycles. The van der Waals surface area contributed by atoms with Crippen molar-refractivity contribution in [2.45, 2.75) is 64.2 Å². The quantitative estimate of drug-likeness (QED) is 0.663. The molecule has 0 heterocycles. The molecule has 6 heteroatoms. The first-order valence-corrected chi connectivity index (χ1v) is 7.01. The summed E-state index contributed by atoms with van der Waals surface area (Å²) in [6.07, 6.45) is 1.32.